The Morgan fingerprint density at radius 3 is 2.76 bits per heavy atom. The molecule has 0 spiro atoms. The summed E-state index contributed by atoms with van der Waals surface area (Å²) in [5.74, 6) is 0. The molecule has 3 unspecified atom stereocenters. The Kier molecular flexibility index (Phi) is 4.56. The summed E-state index contributed by atoms with van der Waals surface area (Å²) >= 11 is 3.94. The van der Waals surface area contributed by atoms with Gasteiger partial charge in [-0.1, -0.05) is 6.42 Å². The van der Waals surface area contributed by atoms with Crippen LogP contribution in [0.3, 0.4) is 0 Å². The van der Waals surface area contributed by atoms with Gasteiger partial charge in [-0.3, -0.25) is 0 Å². The van der Waals surface area contributed by atoms with Gasteiger partial charge < -0.3 is 5.32 Å². The molecular weight excluding hydrogens is 246 g/mol. The van der Waals surface area contributed by atoms with Crippen LogP contribution in [0.5, 0.6) is 0 Å². The topological polar surface area (TPSA) is 12.0 Å². The molecule has 0 saturated heterocycles. The van der Waals surface area contributed by atoms with Gasteiger partial charge in [0.2, 0.25) is 0 Å². The van der Waals surface area contributed by atoms with Crippen molar-refractivity contribution in [3.05, 3.63) is 21.4 Å². The van der Waals surface area contributed by atoms with E-state index < -0.39 is 0 Å². The predicted molar refractivity (Wildman–Crippen MR) is 80.3 cm³/mol. The SMILES string of the molecule is CSC1CCCC1NC(C)c1cc(C)sc1C. The third kappa shape index (κ3) is 3.07. The summed E-state index contributed by atoms with van der Waals surface area (Å²) in [6.07, 6.45) is 6.36. The lowest BCUT2D eigenvalue weighted by atomic mass is 10.1. The average molecular weight is 269 g/mol. The van der Waals surface area contributed by atoms with Crippen molar-refractivity contribution in [3.63, 3.8) is 0 Å². The van der Waals surface area contributed by atoms with E-state index in [0.717, 1.165) is 5.25 Å². The Hall–Kier alpha value is 0.01000. The molecule has 1 heterocycles. The average Bonchev–Trinajstić information content (AvgIpc) is 2.84. The minimum absolute atomic E-state index is 0.498. The summed E-state index contributed by atoms with van der Waals surface area (Å²) in [5.41, 5.74) is 1.50. The van der Waals surface area contributed by atoms with E-state index in [2.05, 4.69) is 38.4 Å². The highest BCUT2D eigenvalue weighted by Crippen LogP contribution is 2.32. The molecule has 2 rings (SSSR count). The summed E-state index contributed by atoms with van der Waals surface area (Å²) < 4.78 is 0. The molecule has 17 heavy (non-hydrogen) atoms. The first-order chi connectivity index (χ1) is 8.11. The second-order valence-electron chi connectivity index (χ2n) is 5.07. The first-order valence-corrected chi connectivity index (χ1v) is 8.58. The van der Waals surface area contributed by atoms with Gasteiger partial charge in [-0.2, -0.15) is 11.8 Å². The van der Waals surface area contributed by atoms with Crippen molar-refractivity contribution in [2.45, 2.75) is 57.4 Å². The van der Waals surface area contributed by atoms with E-state index in [9.17, 15) is 0 Å². The maximum Gasteiger partial charge on any atom is 0.0305 e. The van der Waals surface area contributed by atoms with E-state index in [1.807, 2.05) is 23.1 Å². The molecule has 3 atom stereocenters. The van der Waals surface area contributed by atoms with Crippen LogP contribution in [0.4, 0.5) is 0 Å². The number of nitrogens with one attached hydrogen (secondary N) is 1. The molecule has 1 aliphatic rings. The zero-order chi connectivity index (χ0) is 12.4. The maximum atomic E-state index is 3.84. The molecular formula is C14H23NS2. The van der Waals surface area contributed by atoms with Gasteiger partial charge in [0.25, 0.3) is 0 Å². The molecule has 96 valence electrons. The van der Waals surface area contributed by atoms with Crippen molar-refractivity contribution in [1.82, 2.24) is 5.32 Å². The molecule has 0 amide bonds. The van der Waals surface area contributed by atoms with E-state index in [1.54, 1.807) is 0 Å². The Morgan fingerprint density at radius 2 is 2.18 bits per heavy atom. The number of thiophene rings is 1. The quantitative estimate of drug-likeness (QED) is 0.874. The number of aryl methyl sites for hydroxylation is 2. The Balaban J connectivity index is 2.01. The molecule has 0 bridgehead atoms. The van der Waals surface area contributed by atoms with E-state index in [4.69, 9.17) is 0 Å². The van der Waals surface area contributed by atoms with Crippen LogP contribution in [0.1, 0.15) is 47.5 Å². The molecule has 1 fully saturated rings. The van der Waals surface area contributed by atoms with Crippen LogP contribution in [0, 0.1) is 13.8 Å². The fraction of sp³-hybridized carbons (Fsp3) is 0.714. The fourth-order valence-electron chi connectivity index (χ4n) is 2.89. The number of hydrogen-bond donors (Lipinski definition) is 1. The number of hydrogen-bond acceptors (Lipinski definition) is 3. The van der Waals surface area contributed by atoms with Crippen LogP contribution in [-0.4, -0.2) is 17.5 Å². The van der Waals surface area contributed by atoms with Crippen LogP contribution in [0.15, 0.2) is 6.07 Å². The molecule has 0 radical (unpaired) electrons. The van der Waals surface area contributed by atoms with Gasteiger partial charge in [0, 0.05) is 27.1 Å². The summed E-state index contributed by atoms with van der Waals surface area (Å²) in [6.45, 7) is 6.75. The van der Waals surface area contributed by atoms with Gasteiger partial charge in [0.05, 0.1) is 0 Å². The molecule has 1 aromatic heterocycles. The standard InChI is InChI=1S/C14H23NS2/c1-9-8-12(11(3)17-9)10(2)15-13-6-5-7-14(13)16-4/h8,10,13-15H,5-7H2,1-4H3. The van der Waals surface area contributed by atoms with Crippen molar-refractivity contribution in [2.75, 3.05) is 6.26 Å². The summed E-state index contributed by atoms with van der Waals surface area (Å²) in [7, 11) is 0. The van der Waals surface area contributed by atoms with E-state index in [0.29, 0.717) is 12.1 Å². The smallest absolute Gasteiger partial charge is 0.0305 e. The lowest BCUT2D eigenvalue weighted by Gasteiger charge is -2.24. The molecule has 1 nitrogen and oxygen atoms in total. The largest absolute Gasteiger partial charge is 0.306 e. The van der Waals surface area contributed by atoms with Gasteiger partial charge in [-0.05, 0) is 51.5 Å². The molecule has 1 aromatic rings. The van der Waals surface area contributed by atoms with Gasteiger partial charge in [-0.25, -0.2) is 0 Å². The normalized spacial score (nSPS) is 26.4. The Morgan fingerprint density at radius 1 is 1.41 bits per heavy atom. The lowest BCUT2D eigenvalue weighted by molar-refractivity contribution is 0.467. The van der Waals surface area contributed by atoms with Crippen LogP contribution in [0.25, 0.3) is 0 Å². The minimum atomic E-state index is 0.498. The van der Waals surface area contributed by atoms with Crippen LogP contribution < -0.4 is 5.32 Å². The molecule has 0 aromatic carbocycles. The summed E-state index contributed by atoms with van der Waals surface area (Å²) in [6, 6.07) is 3.55. The second kappa shape index (κ2) is 5.77. The molecule has 0 aliphatic heterocycles. The zero-order valence-corrected chi connectivity index (χ0v) is 12.9. The van der Waals surface area contributed by atoms with Crippen molar-refractivity contribution < 1.29 is 0 Å². The highest BCUT2D eigenvalue weighted by molar-refractivity contribution is 7.99. The van der Waals surface area contributed by atoms with Crippen LogP contribution in [0.2, 0.25) is 0 Å². The summed E-state index contributed by atoms with van der Waals surface area (Å²) in [5, 5.41) is 4.65. The maximum absolute atomic E-state index is 3.84. The monoisotopic (exact) mass is 269 g/mol. The molecule has 1 N–H and O–H groups in total. The van der Waals surface area contributed by atoms with Crippen molar-refractivity contribution >= 4 is 23.1 Å². The predicted octanol–water partition coefficient (Wildman–Crippen LogP) is 4.30. The number of rotatable bonds is 4. The van der Waals surface area contributed by atoms with Crippen molar-refractivity contribution in [2.24, 2.45) is 0 Å². The van der Waals surface area contributed by atoms with E-state index in [1.165, 1.54) is 34.6 Å². The highest BCUT2D eigenvalue weighted by atomic mass is 32.2. The summed E-state index contributed by atoms with van der Waals surface area (Å²) in [4.78, 5) is 2.90. The van der Waals surface area contributed by atoms with Gasteiger partial charge in [-0.15, -0.1) is 11.3 Å². The first-order valence-electron chi connectivity index (χ1n) is 6.47. The minimum Gasteiger partial charge on any atom is -0.306 e. The zero-order valence-electron chi connectivity index (χ0n) is 11.2. The van der Waals surface area contributed by atoms with Gasteiger partial charge >= 0.3 is 0 Å². The lowest BCUT2D eigenvalue weighted by Crippen LogP contribution is -2.35. The number of thioether (sulfide) groups is 1. The van der Waals surface area contributed by atoms with E-state index in [-0.39, 0.29) is 0 Å². The molecule has 1 saturated carbocycles. The Labute approximate surface area is 113 Å². The molecule has 1 aliphatic carbocycles. The van der Waals surface area contributed by atoms with E-state index >= 15 is 0 Å². The molecule has 3 heteroatoms. The van der Waals surface area contributed by atoms with Gasteiger partial charge in [0.1, 0.15) is 0 Å². The van der Waals surface area contributed by atoms with Crippen molar-refractivity contribution in [1.29, 1.82) is 0 Å². The van der Waals surface area contributed by atoms with Crippen LogP contribution in [-0.2, 0) is 0 Å². The fourth-order valence-corrected chi connectivity index (χ4v) is 4.86. The Bertz CT molecular complexity index is 372. The highest BCUT2D eigenvalue weighted by Gasteiger charge is 2.28. The second-order valence-corrected chi connectivity index (χ2v) is 7.61. The van der Waals surface area contributed by atoms with Gasteiger partial charge in [0.15, 0.2) is 0 Å². The first kappa shape index (κ1) is 13.4. The third-order valence-corrected chi connectivity index (χ3v) is 5.92. The van der Waals surface area contributed by atoms with Crippen LogP contribution >= 0.6 is 23.1 Å². The van der Waals surface area contributed by atoms with Crippen molar-refractivity contribution in [3.8, 4) is 0 Å². The third-order valence-electron chi connectivity index (χ3n) is 3.77.